The third kappa shape index (κ3) is 3.53. The Kier molecular flexibility index (Phi) is 5.34. The fraction of sp³-hybridized carbons (Fsp3) is 0.900. The minimum Gasteiger partial charge on any atom is -0.383 e. The summed E-state index contributed by atoms with van der Waals surface area (Å²) >= 11 is 0. The largest absolute Gasteiger partial charge is 0.383 e. The second-order valence-electron chi connectivity index (χ2n) is 4.19. The lowest BCUT2D eigenvalue weighted by molar-refractivity contribution is 0.198. The molecule has 0 saturated carbocycles. The highest BCUT2D eigenvalue weighted by molar-refractivity contribution is 4.83. The van der Waals surface area contributed by atoms with E-state index in [4.69, 9.17) is 4.74 Å². The highest BCUT2D eigenvalue weighted by Crippen LogP contribution is 2.15. The van der Waals surface area contributed by atoms with Crippen molar-refractivity contribution in [1.82, 2.24) is 25.5 Å². The molecule has 1 heterocycles. The van der Waals surface area contributed by atoms with Gasteiger partial charge in [-0.15, -0.1) is 5.10 Å². The highest BCUT2D eigenvalue weighted by Gasteiger charge is 2.15. The molecule has 1 N–H and O–H groups in total. The second kappa shape index (κ2) is 6.55. The minimum absolute atomic E-state index is 0.314. The summed E-state index contributed by atoms with van der Waals surface area (Å²) in [6.45, 7) is 8.62. The van der Waals surface area contributed by atoms with Crippen LogP contribution < -0.4 is 5.32 Å². The number of hydrogen-bond donors (Lipinski definition) is 1. The number of rotatable bonds is 7. The van der Waals surface area contributed by atoms with Gasteiger partial charge in [0.15, 0.2) is 5.82 Å². The van der Waals surface area contributed by atoms with Gasteiger partial charge in [0.05, 0.1) is 19.2 Å². The molecule has 0 radical (unpaired) electrons. The Morgan fingerprint density at radius 2 is 2.12 bits per heavy atom. The molecule has 92 valence electrons. The predicted molar refractivity (Wildman–Crippen MR) is 60.9 cm³/mol. The fourth-order valence-electron chi connectivity index (χ4n) is 1.30. The molecule has 0 aliphatic rings. The number of ether oxygens (including phenoxy) is 1. The fourth-order valence-corrected chi connectivity index (χ4v) is 1.30. The number of nitrogens with zero attached hydrogens (tertiary/aromatic N) is 4. The lowest BCUT2D eigenvalue weighted by Crippen LogP contribution is -2.23. The summed E-state index contributed by atoms with van der Waals surface area (Å²) in [6.07, 6.45) is 0. The first kappa shape index (κ1) is 13.1. The van der Waals surface area contributed by atoms with Gasteiger partial charge in [0, 0.05) is 13.7 Å². The van der Waals surface area contributed by atoms with Crippen molar-refractivity contribution >= 4 is 0 Å². The molecule has 0 aromatic carbocycles. The maximum absolute atomic E-state index is 4.96. The van der Waals surface area contributed by atoms with E-state index < -0.39 is 0 Å². The molecule has 1 rings (SSSR count). The van der Waals surface area contributed by atoms with Crippen LogP contribution in [-0.2, 0) is 11.3 Å². The first-order chi connectivity index (χ1) is 7.66. The Morgan fingerprint density at radius 1 is 1.38 bits per heavy atom. The van der Waals surface area contributed by atoms with Gasteiger partial charge in [-0.2, -0.15) is 0 Å². The van der Waals surface area contributed by atoms with Crippen molar-refractivity contribution in [2.45, 2.75) is 33.4 Å². The van der Waals surface area contributed by atoms with Crippen molar-refractivity contribution in [3.8, 4) is 0 Å². The van der Waals surface area contributed by atoms with E-state index in [1.807, 2.05) is 4.68 Å². The van der Waals surface area contributed by atoms with Gasteiger partial charge in [-0.25, -0.2) is 4.68 Å². The molecule has 1 atom stereocenters. The first-order valence-corrected chi connectivity index (χ1v) is 5.63. The van der Waals surface area contributed by atoms with E-state index in [9.17, 15) is 0 Å². The van der Waals surface area contributed by atoms with Crippen LogP contribution in [0.4, 0.5) is 0 Å². The number of nitrogens with one attached hydrogen (secondary N) is 1. The summed E-state index contributed by atoms with van der Waals surface area (Å²) in [5, 5.41) is 15.0. The Labute approximate surface area is 96.4 Å². The van der Waals surface area contributed by atoms with Crippen molar-refractivity contribution in [2.24, 2.45) is 5.92 Å². The van der Waals surface area contributed by atoms with Gasteiger partial charge in [-0.1, -0.05) is 13.8 Å². The van der Waals surface area contributed by atoms with Gasteiger partial charge in [-0.3, -0.25) is 0 Å². The average molecular weight is 227 g/mol. The highest BCUT2D eigenvalue weighted by atomic mass is 16.5. The number of tetrazole rings is 1. The second-order valence-corrected chi connectivity index (χ2v) is 4.19. The van der Waals surface area contributed by atoms with Crippen LogP contribution in [0.15, 0.2) is 0 Å². The Hall–Kier alpha value is -1.01. The molecule has 6 nitrogen and oxygen atoms in total. The van der Waals surface area contributed by atoms with Crippen molar-refractivity contribution in [2.75, 3.05) is 20.3 Å². The first-order valence-electron chi connectivity index (χ1n) is 5.63. The zero-order valence-electron chi connectivity index (χ0n) is 10.5. The molecule has 1 aromatic rings. The quantitative estimate of drug-likeness (QED) is 0.692. The van der Waals surface area contributed by atoms with Crippen LogP contribution in [0.5, 0.6) is 0 Å². The molecule has 1 aromatic heterocycles. The minimum atomic E-state index is 0.314. The molecule has 0 saturated heterocycles. The third-order valence-corrected chi connectivity index (χ3v) is 2.68. The van der Waals surface area contributed by atoms with Crippen LogP contribution in [0.25, 0.3) is 0 Å². The smallest absolute Gasteiger partial charge is 0.165 e. The van der Waals surface area contributed by atoms with E-state index in [1.165, 1.54) is 0 Å². The summed E-state index contributed by atoms with van der Waals surface area (Å²) < 4.78 is 6.84. The molecule has 16 heavy (non-hydrogen) atoms. The zero-order valence-corrected chi connectivity index (χ0v) is 10.5. The zero-order chi connectivity index (χ0) is 12.0. The van der Waals surface area contributed by atoms with Crippen LogP contribution in [0, 0.1) is 5.92 Å². The van der Waals surface area contributed by atoms with Crippen molar-refractivity contribution in [1.29, 1.82) is 0 Å². The summed E-state index contributed by atoms with van der Waals surface area (Å²) in [5.41, 5.74) is 0. The molecule has 0 bridgehead atoms. The number of hydrogen-bond acceptors (Lipinski definition) is 5. The topological polar surface area (TPSA) is 64.9 Å². The molecule has 0 fully saturated rings. The van der Waals surface area contributed by atoms with Crippen LogP contribution >= 0.6 is 0 Å². The van der Waals surface area contributed by atoms with Crippen LogP contribution in [-0.4, -0.2) is 40.5 Å². The molecule has 0 spiro atoms. The maximum atomic E-state index is 4.96. The third-order valence-electron chi connectivity index (χ3n) is 2.68. The van der Waals surface area contributed by atoms with E-state index in [2.05, 4.69) is 41.6 Å². The maximum Gasteiger partial charge on any atom is 0.165 e. The van der Waals surface area contributed by atoms with Crippen molar-refractivity contribution < 1.29 is 4.74 Å². The summed E-state index contributed by atoms with van der Waals surface area (Å²) in [6, 6.07) is 0.314. The monoisotopic (exact) mass is 227 g/mol. The van der Waals surface area contributed by atoms with Gasteiger partial charge in [0.25, 0.3) is 0 Å². The number of methoxy groups -OCH3 is 1. The molecule has 6 heteroatoms. The van der Waals surface area contributed by atoms with Crippen LogP contribution in [0.3, 0.4) is 0 Å². The normalized spacial score (nSPS) is 13.3. The van der Waals surface area contributed by atoms with Gasteiger partial charge in [0.2, 0.25) is 0 Å². The van der Waals surface area contributed by atoms with Crippen molar-refractivity contribution in [3.63, 3.8) is 0 Å². The summed E-state index contributed by atoms with van der Waals surface area (Å²) in [4.78, 5) is 0. The van der Waals surface area contributed by atoms with Gasteiger partial charge >= 0.3 is 0 Å². The lowest BCUT2D eigenvalue weighted by Gasteiger charge is -2.16. The standard InChI is InChI=1S/C10H21N5O/c1-8(2)9(3)15-10(12-13-14-15)7-11-5-6-16-4/h8-9,11H,5-7H2,1-4H3. The van der Waals surface area contributed by atoms with Gasteiger partial charge in [-0.05, 0) is 23.3 Å². The molecule has 0 amide bonds. The summed E-state index contributed by atoms with van der Waals surface area (Å²) in [5.74, 6) is 1.39. The molecular weight excluding hydrogens is 206 g/mol. The summed E-state index contributed by atoms with van der Waals surface area (Å²) in [7, 11) is 1.69. The predicted octanol–water partition coefficient (Wildman–Crippen LogP) is 0.626. The van der Waals surface area contributed by atoms with E-state index in [-0.39, 0.29) is 0 Å². The van der Waals surface area contributed by atoms with Gasteiger partial charge < -0.3 is 10.1 Å². The Bertz CT molecular complexity index is 299. The molecular formula is C10H21N5O. The Morgan fingerprint density at radius 3 is 2.75 bits per heavy atom. The molecule has 0 aliphatic heterocycles. The van der Waals surface area contributed by atoms with Crippen molar-refractivity contribution in [3.05, 3.63) is 5.82 Å². The van der Waals surface area contributed by atoms with Gasteiger partial charge in [0.1, 0.15) is 0 Å². The van der Waals surface area contributed by atoms with Crippen LogP contribution in [0.1, 0.15) is 32.6 Å². The van der Waals surface area contributed by atoms with E-state index in [1.54, 1.807) is 7.11 Å². The molecule has 0 aliphatic carbocycles. The Balaban J connectivity index is 2.50. The van der Waals surface area contributed by atoms with E-state index in [0.717, 1.165) is 12.4 Å². The average Bonchev–Trinajstić information content (AvgIpc) is 2.71. The lowest BCUT2D eigenvalue weighted by atomic mass is 10.1. The SMILES string of the molecule is COCCNCc1nnnn1C(C)C(C)C. The van der Waals surface area contributed by atoms with E-state index in [0.29, 0.717) is 25.1 Å². The van der Waals surface area contributed by atoms with E-state index >= 15 is 0 Å². The number of aromatic nitrogens is 4. The van der Waals surface area contributed by atoms with Crippen LogP contribution in [0.2, 0.25) is 0 Å². The molecule has 1 unspecified atom stereocenters.